The van der Waals surface area contributed by atoms with E-state index in [0.29, 0.717) is 5.03 Å². The smallest absolute Gasteiger partial charge is 0.332 e. The van der Waals surface area contributed by atoms with Crippen LogP contribution < -0.4 is 0 Å². The molecule has 1 aromatic carbocycles. The molecular weight excluding hydrogens is 212 g/mol. The Morgan fingerprint density at radius 1 is 1.33 bits per heavy atom. The van der Waals surface area contributed by atoms with Crippen molar-refractivity contribution in [2.45, 2.75) is 20.0 Å². The summed E-state index contributed by atoms with van der Waals surface area (Å²) in [4.78, 5) is 11.3. The van der Waals surface area contributed by atoms with Crippen molar-refractivity contribution in [3.8, 4) is 0 Å². The largest absolute Gasteiger partial charge is 0.460 e. The van der Waals surface area contributed by atoms with Crippen molar-refractivity contribution >= 4 is 22.6 Å². The van der Waals surface area contributed by atoms with Crippen LogP contribution >= 0.6 is 11.6 Å². The summed E-state index contributed by atoms with van der Waals surface area (Å²) < 4.78 is 4.94. The van der Waals surface area contributed by atoms with Gasteiger partial charge in [-0.15, -0.1) is 0 Å². The van der Waals surface area contributed by atoms with Gasteiger partial charge in [0.05, 0.1) is 11.1 Å². The second kappa shape index (κ2) is 5.56. The topological polar surface area (TPSA) is 26.3 Å². The van der Waals surface area contributed by atoms with E-state index in [4.69, 9.17) is 16.3 Å². The Morgan fingerprint density at radius 2 is 1.93 bits per heavy atom. The van der Waals surface area contributed by atoms with E-state index in [0.717, 1.165) is 5.56 Å². The van der Waals surface area contributed by atoms with Crippen molar-refractivity contribution in [1.29, 1.82) is 0 Å². The molecule has 2 nitrogen and oxygen atoms in total. The number of hydrogen-bond donors (Lipinski definition) is 0. The number of hydrogen-bond acceptors (Lipinski definition) is 2. The van der Waals surface area contributed by atoms with Crippen molar-refractivity contribution in [3.63, 3.8) is 0 Å². The van der Waals surface area contributed by atoms with Gasteiger partial charge in [0, 0.05) is 6.08 Å². The van der Waals surface area contributed by atoms with Gasteiger partial charge in [0.1, 0.15) is 0 Å². The van der Waals surface area contributed by atoms with E-state index in [9.17, 15) is 4.79 Å². The van der Waals surface area contributed by atoms with E-state index >= 15 is 0 Å². The summed E-state index contributed by atoms with van der Waals surface area (Å²) in [6.45, 7) is 3.59. The van der Waals surface area contributed by atoms with Crippen molar-refractivity contribution in [1.82, 2.24) is 0 Å². The van der Waals surface area contributed by atoms with Gasteiger partial charge in [-0.2, -0.15) is 0 Å². The van der Waals surface area contributed by atoms with Crippen LogP contribution in [0.1, 0.15) is 19.4 Å². The van der Waals surface area contributed by atoms with Gasteiger partial charge in [0.15, 0.2) is 0 Å². The average molecular weight is 225 g/mol. The zero-order valence-corrected chi connectivity index (χ0v) is 9.49. The van der Waals surface area contributed by atoms with Crippen LogP contribution in [0.3, 0.4) is 0 Å². The van der Waals surface area contributed by atoms with Gasteiger partial charge in [-0.3, -0.25) is 0 Å². The van der Waals surface area contributed by atoms with Crippen LogP contribution in [0, 0.1) is 0 Å². The summed E-state index contributed by atoms with van der Waals surface area (Å²) >= 11 is 5.94. The minimum atomic E-state index is -0.418. The molecule has 0 aliphatic rings. The van der Waals surface area contributed by atoms with Gasteiger partial charge >= 0.3 is 5.97 Å². The molecule has 0 radical (unpaired) electrons. The lowest BCUT2D eigenvalue weighted by Gasteiger charge is -2.05. The van der Waals surface area contributed by atoms with E-state index in [-0.39, 0.29) is 6.10 Å². The van der Waals surface area contributed by atoms with E-state index in [1.807, 2.05) is 30.3 Å². The molecule has 0 saturated carbocycles. The van der Waals surface area contributed by atoms with Crippen molar-refractivity contribution in [2.75, 3.05) is 0 Å². The van der Waals surface area contributed by atoms with E-state index < -0.39 is 5.97 Å². The fourth-order valence-corrected chi connectivity index (χ4v) is 1.27. The molecule has 0 aliphatic carbocycles. The maximum Gasteiger partial charge on any atom is 0.332 e. The number of esters is 1. The highest BCUT2D eigenvalue weighted by atomic mass is 35.5. The van der Waals surface area contributed by atoms with Gasteiger partial charge < -0.3 is 4.74 Å². The van der Waals surface area contributed by atoms with Crippen molar-refractivity contribution < 1.29 is 9.53 Å². The fraction of sp³-hybridized carbons (Fsp3) is 0.250. The van der Waals surface area contributed by atoms with Crippen LogP contribution in [0.5, 0.6) is 0 Å². The molecule has 1 rings (SSSR count). The highest BCUT2D eigenvalue weighted by molar-refractivity contribution is 6.50. The molecule has 0 N–H and O–H groups in total. The van der Waals surface area contributed by atoms with Gasteiger partial charge in [-0.05, 0) is 19.4 Å². The molecule has 0 heterocycles. The first-order valence-corrected chi connectivity index (χ1v) is 5.10. The van der Waals surface area contributed by atoms with Crippen LogP contribution in [0.2, 0.25) is 0 Å². The molecule has 0 amide bonds. The second-order valence-electron chi connectivity index (χ2n) is 3.34. The molecule has 0 fully saturated rings. The number of ether oxygens (including phenoxy) is 1. The molecule has 0 bridgehead atoms. The van der Waals surface area contributed by atoms with Crippen LogP contribution in [-0.4, -0.2) is 12.1 Å². The predicted molar refractivity (Wildman–Crippen MR) is 61.5 cm³/mol. The summed E-state index contributed by atoms with van der Waals surface area (Å²) in [7, 11) is 0. The van der Waals surface area contributed by atoms with Crippen molar-refractivity contribution in [2.24, 2.45) is 0 Å². The molecule has 0 unspecified atom stereocenters. The van der Waals surface area contributed by atoms with Crippen LogP contribution in [0.4, 0.5) is 0 Å². The molecule has 0 aromatic heterocycles. The molecule has 0 spiro atoms. The third-order valence-corrected chi connectivity index (χ3v) is 1.97. The molecule has 0 atom stereocenters. The monoisotopic (exact) mass is 224 g/mol. The quantitative estimate of drug-likeness (QED) is 0.582. The summed E-state index contributed by atoms with van der Waals surface area (Å²) in [5, 5.41) is 0.390. The molecule has 15 heavy (non-hydrogen) atoms. The highest BCUT2D eigenvalue weighted by Gasteiger charge is 2.04. The average Bonchev–Trinajstić information content (AvgIpc) is 2.17. The standard InChI is InChI=1S/C12H13ClO2/c1-9(2)15-12(14)8-11(13)10-6-4-3-5-7-10/h3-9H,1-2H3/b11-8+. The lowest BCUT2D eigenvalue weighted by molar-refractivity contribution is -0.141. The Hall–Kier alpha value is -1.28. The van der Waals surface area contributed by atoms with Crippen molar-refractivity contribution in [3.05, 3.63) is 42.0 Å². The third-order valence-electron chi connectivity index (χ3n) is 1.65. The zero-order valence-electron chi connectivity index (χ0n) is 8.74. The maximum atomic E-state index is 11.3. The minimum Gasteiger partial charge on any atom is -0.460 e. The predicted octanol–water partition coefficient (Wildman–Crippen LogP) is 3.22. The Morgan fingerprint density at radius 3 is 2.47 bits per heavy atom. The van der Waals surface area contributed by atoms with Gasteiger partial charge in [-0.25, -0.2) is 4.79 Å². The lowest BCUT2D eigenvalue weighted by Crippen LogP contribution is -2.08. The first-order chi connectivity index (χ1) is 7.09. The first kappa shape index (κ1) is 11.8. The Balaban J connectivity index is 2.72. The highest BCUT2D eigenvalue weighted by Crippen LogP contribution is 2.18. The van der Waals surface area contributed by atoms with Gasteiger partial charge in [0.2, 0.25) is 0 Å². The summed E-state index contributed by atoms with van der Waals surface area (Å²) in [5.74, 6) is -0.418. The van der Waals surface area contributed by atoms with E-state index in [2.05, 4.69) is 0 Å². The molecule has 3 heteroatoms. The van der Waals surface area contributed by atoms with Gasteiger partial charge in [0.25, 0.3) is 0 Å². The van der Waals surface area contributed by atoms with Gasteiger partial charge in [-0.1, -0.05) is 41.9 Å². The fourth-order valence-electron chi connectivity index (χ4n) is 1.05. The summed E-state index contributed by atoms with van der Waals surface area (Å²) in [6.07, 6.45) is 1.16. The zero-order chi connectivity index (χ0) is 11.3. The Labute approximate surface area is 94.5 Å². The number of benzene rings is 1. The number of carbonyl (C=O) groups is 1. The summed E-state index contributed by atoms with van der Waals surface area (Å²) in [6, 6.07) is 9.28. The van der Waals surface area contributed by atoms with Crippen LogP contribution in [0.15, 0.2) is 36.4 Å². The van der Waals surface area contributed by atoms with Crippen LogP contribution in [0.25, 0.3) is 5.03 Å². The molecular formula is C12H13ClO2. The minimum absolute atomic E-state index is 0.131. The van der Waals surface area contributed by atoms with E-state index in [1.165, 1.54) is 6.08 Å². The molecule has 0 aliphatic heterocycles. The molecule has 0 saturated heterocycles. The summed E-state index contributed by atoms with van der Waals surface area (Å²) in [5.41, 5.74) is 0.805. The number of carbonyl (C=O) groups excluding carboxylic acids is 1. The first-order valence-electron chi connectivity index (χ1n) is 4.73. The SMILES string of the molecule is CC(C)OC(=O)/C=C(/Cl)c1ccccc1. The third kappa shape index (κ3) is 4.17. The number of rotatable bonds is 3. The number of halogens is 1. The maximum absolute atomic E-state index is 11.3. The normalized spacial score (nSPS) is 11.6. The van der Waals surface area contributed by atoms with Crippen LogP contribution in [-0.2, 0) is 9.53 Å². The van der Waals surface area contributed by atoms with E-state index in [1.54, 1.807) is 13.8 Å². The second-order valence-corrected chi connectivity index (χ2v) is 3.75. The molecule has 80 valence electrons. The Kier molecular flexibility index (Phi) is 4.37. The molecule has 1 aromatic rings. The lowest BCUT2D eigenvalue weighted by atomic mass is 10.2. The Bertz CT molecular complexity index is 355.